The Kier molecular flexibility index (Phi) is 6.54. The van der Waals surface area contributed by atoms with E-state index in [9.17, 15) is 4.79 Å². The Hall–Kier alpha value is -0.570. The Morgan fingerprint density at radius 1 is 1.29 bits per heavy atom. The summed E-state index contributed by atoms with van der Waals surface area (Å²) in [6, 6.07) is 0.425. The van der Waals surface area contributed by atoms with E-state index in [4.69, 9.17) is 0 Å². The number of hydrogen-bond donors (Lipinski definition) is 1. The SMILES string of the molecule is CCC(CC)C(C)NCC(=O)N(C)C. The summed E-state index contributed by atoms with van der Waals surface area (Å²) in [5.41, 5.74) is 0. The Labute approximate surface area is 87.9 Å². The third-order valence-electron chi connectivity index (χ3n) is 2.83. The summed E-state index contributed by atoms with van der Waals surface area (Å²) in [4.78, 5) is 12.9. The summed E-state index contributed by atoms with van der Waals surface area (Å²) >= 11 is 0. The zero-order valence-electron chi connectivity index (χ0n) is 10.1. The minimum absolute atomic E-state index is 0.141. The number of amides is 1. The van der Waals surface area contributed by atoms with Gasteiger partial charge in [0, 0.05) is 20.1 Å². The van der Waals surface area contributed by atoms with E-state index in [0.29, 0.717) is 18.5 Å². The summed E-state index contributed by atoms with van der Waals surface area (Å²) < 4.78 is 0. The van der Waals surface area contributed by atoms with E-state index in [-0.39, 0.29) is 5.91 Å². The molecule has 0 aliphatic rings. The third kappa shape index (κ3) is 4.61. The summed E-state index contributed by atoms with van der Waals surface area (Å²) in [5.74, 6) is 0.813. The smallest absolute Gasteiger partial charge is 0.236 e. The number of carbonyl (C=O) groups excluding carboxylic acids is 1. The monoisotopic (exact) mass is 200 g/mol. The highest BCUT2D eigenvalue weighted by atomic mass is 16.2. The van der Waals surface area contributed by atoms with E-state index < -0.39 is 0 Å². The lowest BCUT2D eigenvalue weighted by Gasteiger charge is -2.23. The van der Waals surface area contributed by atoms with Crippen molar-refractivity contribution in [3.8, 4) is 0 Å². The van der Waals surface area contributed by atoms with Gasteiger partial charge in [-0.1, -0.05) is 26.7 Å². The van der Waals surface area contributed by atoms with Gasteiger partial charge in [-0.15, -0.1) is 0 Å². The molecule has 0 spiro atoms. The van der Waals surface area contributed by atoms with E-state index >= 15 is 0 Å². The third-order valence-corrected chi connectivity index (χ3v) is 2.83. The fourth-order valence-corrected chi connectivity index (χ4v) is 1.57. The van der Waals surface area contributed by atoms with Gasteiger partial charge in [0.1, 0.15) is 0 Å². The largest absolute Gasteiger partial charge is 0.348 e. The van der Waals surface area contributed by atoms with Crippen LogP contribution >= 0.6 is 0 Å². The maximum atomic E-state index is 11.3. The van der Waals surface area contributed by atoms with E-state index in [2.05, 4.69) is 26.1 Å². The Balaban J connectivity index is 3.83. The Morgan fingerprint density at radius 3 is 2.14 bits per heavy atom. The minimum Gasteiger partial charge on any atom is -0.348 e. The molecule has 0 saturated heterocycles. The molecule has 0 rings (SSSR count). The molecule has 1 atom stereocenters. The zero-order chi connectivity index (χ0) is 11.1. The van der Waals surface area contributed by atoms with Gasteiger partial charge in [-0.05, 0) is 12.8 Å². The molecular weight excluding hydrogens is 176 g/mol. The second-order valence-electron chi connectivity index (χ2n) is 4.03. The number of rotatable bonds is 6. The first kappa shape index (κ1) is 13.4. The standard InChI is InChI=1S/C11H24N2O/c1-6-10(7-2)9(3)12-8-11(14)13(4)5/h9-10,12H,6-8H2,1-5H3. The molecule has 0 aromatic carbocycles. The second-order valence-corrected chi connectivity index (χ2v) is 4.03. The van der Waals surface area contributed by atoms with Crippen molar-refractivity contribution in [2.75, 3.05) is 20.6 Å². The normalized spacial score (nSPS) is 13.0. The molecule has 1 unspecified atom stereocenters. The molecule has 1 amide bonds. The molecule has 0 aliphatic carbocycles. The molecule has 0 aromatic rings. The summed E-state index contributed by atoms with van der Waals surface area (Å²) in [7, 11) is 3.57. The molecule has 0 aliphatic heterocycles. The van der Waals surface area contributed by atoms with Crippen molar-refractivity contribution < 1.29 is 4.79 Å². The highest BCUT2D eigenvalue weighted by Crippen LogP contribution is 2.12. The van der Waals surface area contributed by atoms with Crippen LogP contribution in [0.15, 0.2) is 0 Å². The lowest BCUT2D eigenvalue weighted by atomic mass is 9.95. The molecule has 0 heterocycles. The van der Waals surface area contributed by atoms with Crippen molar-refractivity contribution in [1.29, 1.82) is 0 Å². The number of hydrogen-bond acceptors (Lipinski definition) is 2. The van der Waals surface area contributed by atoms with Crippen molar-refractivity contribution in [3.63, 3.8) is 0 Å². The van der Waals surface area contributed by atoms with Crippen molar-refractivity contribution in [2.24, 2.45) is 5.92 Å². The van der Waals surface area contributed by atoms with Gasteiger partial charge < -0.3 is 10.2 Å². The van der Waals surface area contributed by atoms with Crippen LogP contribution in [0.5, 0.6) is 0 Å². The predicted molar refractivity (Wildman–Crippen MR) is 60.2 cm³/mol. The van der Waals surface area contributed by atoms with Gasteiger partial charge in [0.2, 0.25) is 5.91 Å². The highest BCUT2D eigenvalue weighted by Gasteiger charge is 2.14. The molecule has 0 saturated carbocycles. The van der Waals surface area contributed by atoms with Crippen LogP contribution in [-0.2, 0) is 4.79 Å². The molecule has 84 valence electrons. The fraction of sp³-hybridized carbons (Fsp3) is 0.909. The quantitative estimate of drug-likeness (QED) is 0.704. The van der Waals surface area contributed by atoms with E-state index in [1.165, 1.54) is 12.8 Å². The van der Waals surface area contributed by atoms with Crippen molar-refractivity contribution in [1.82, 2.24) is 10.2 Å². The maximum absolute atomic E-state index is 11.3. The van der Waals surface area contributed by atoms with Crippen LogP contribution in [0.25, 0.3) is 0 Å². The van der Waals surface area contributed by atoms with Gasteiger partial charge in [0.05, 0.1) is 6.54 Å². The number of nitrogens with zero attached hydrogens (tertiary/aromatic N) is 1. The molecule has 3 heteroatoms. The summed E-state index contributed by atoms with van der Waals surface area (Å²) in [6.45, 7) is 6.99. The Morgan fingerprint density at radius 2 is 1.79 bits per heavy atom. The van der Waals surface area contributed by atoms with Crippen LogP contribution in [0.4, 0.5) is 0 Å². The van der Waals surface area contributed by atoms with E-state index in [1.807, 2.05) is 0 Å². The molecule has 0 fully saturated rings. The van der Waals surface area contributed by atoms with Gasteiger partial charge in [0.25, 0.3) is 0 Å². The molecular formula is C11H24N2O. The summed E-state index contributed by atoms with van der Waals surface area (Å²) in [6.07, 6.45) is 2.33. The van der Waals surface area contributed by atoms with Gasteiger partial charge in [-0.25, -0.2) is 0 Å². The van der Waals surface area contributed by atoms with Gasteiger partial charge in [0.15, 0.2) is 0 Å². The van der Waals surface area contributed by atoms with Crippen LogP contribution < -0.4 is 5.32 Å². The summed E-state index contributed by atoms with van der Waals surface area (Å²) in [5, 5.41) is 3.27. The molecule has 0 radical (unpaired) electrons. The van der Waals surface area contributed by atoms with Crippen LogP contribution in [0, 0.1) is 5.92 Å². The van der Waals surface area contributed by atoms with E-state index in [1.54, 1.807) is 19.0 Å². The lowest BCUT2D eigenvalue weighted by molar-refractivity contribution is -0.127. The molecule has 3 nitrogen and oxygen atoms in total. The first-order chi connectivity index (χ1) is 6.52. The highest BCUT2D eigenvalue weighted by molar-refractivity contribution is 5.77. The van der Waals surface area contributed by atoms with Crippen molar-refractivity contribution >= 4 is 5.91 Å². The molecule has 1 N–H and O–H groups in total. The van der Waals surface area contributed by atoms with E-state index in [0.717, 1.165) is 0 Å². The number of carbonyl (C=O) groups is 1. The predicted octanol–water partition coefficient (Wildman–Crippen LogP) is 1.49. The van der Waals surface area contributed by atoms with Gasteiger partial charge >= 0.3 is 0 Å². The lowest BCUT2D eigenvalue weighted by Crippen LogP contribution is -2.40. The second kappa shape index (κ2) is 6.82. The van der Waals surface area contributed by atoms with Crippen LogP contribution in [0.1, 0.15) is 33.6 Å². The average Bonchev–Trinajstić information content (AvgIpc) is 2.15. The Bertz CT molecular complexity index is 165. The first-order valence-electron chi connectivity index (χ1n) is 5.46. The van der Waals surface area contributed by atoms with Crippen molar-refractivity contribution in [2.45, 2.75) is 39.7 Å². The molecule has 0 bridgehead atoms. The topological polar surface area (TPSA) is 32.3 Å². The van der Waals surface area contributed by atoms with Gasteiger partial charge in [-0.3, -0.25) is 4.79 Å². The maximum Gasteiger partial charge on any atom is 0.236 e. The van der Waals surface area contributed by atoms with Crippen LogP contribution in [0.3, 0.4) is 0 Å². The number of likely N-dealkylation sites (N-methyl/N-ethyl adjacent to an activating group) is 1. The fourth-order valence-electron chi connectivity index (χ4n) is 1.57. The molecule has 0 aromatic heterocycles. The van der Waals surface area contributed by atoms with Gasteiger partial charge in [-0.2, -0.15) is 0 Å². The molecule has 14 heavy (non-hydrogen) atoms. The minimum atomic E-state index is 0.141. The number of nitrogens with one attached hydrogen (secondary N) is 1. The average molecular weight is 200 g/mol. The first-order valence-corrected chi connectivity index (χ1v) is 5.46. The van der Waals surface area contributed by atoms with Crippen LogP contribution in [-0.4, -0.2) is 37.5 Å². The zero-order valence-corrected chi connectivity index (χ0v) is 10.1. The van der Waals surface area contributed by atoms with Crippen LogP contribution in [0.2, 0.25) is 0 Å². The van der Waals surface area contributed by atoms with Crippen molar-refractivity contribution in [3.05, 3.63) is 0 Å².